The minimum Gasteiger partial charge on any atom is -0.476 e. The first-order chi connectivity index (χ1) is 6.66. The molecule has 3 nitrogen and oxygen atoms in total. The Morgan fingerprint density at radius 1 is 1.43 bits per heavy atom. The van der Waals surface area contributed by atoms with Gasteiger partial charge in [0.1, 0.15) is 0 Å². The molecule has 1 heterocycles. The van der Waals surface area contributed by atoms with Gasteiger partial charge in [-0.05, 0) is 0 Å². The molecule has 0 atom stereocenters. The summed E-state index contributed by atoms with van der Waals surface area (Å²) < 4.78 is 30.1. The van der Waals surface area contributed by atoms with Crippen molar-refractivity contribution in [1.29, 1.82) is 0 Å². The van der Waals surface area contributed by atoms with Crippen molar-refractivity contribution >= 4 is 0 Å². The number of hydrogen-bond donors (Lipinski definition) is 0. The molecule has 0 saturated heterocycles. The van der Waals surface area contributed by atoms with Gasteiger partial charge in [0.05, 0.1) is 12.8 Å². The summed E-state index contributed by atoms with van der Waals surface area (Å²) in [4.78, 5) is 7.67. The van der Waals surface area contributed by atoms with Crippen LogP contribution in [0.1, 0.15) is 12.8 Å². The van der Waals surface area contributed by atoms with E-state index in [1.54, 1.807) is 0 Å². The second-order valence-corrected chi connectivity index (χ2v) is 3.48. The van der Waals surface area contributed by atoms with Gasteiger partial charge in [0.2, 0.25) is 11.8 Å². The molecule has 1 aliphatic rings. The first-order valence-corrected chi connectivity index (χ1v) is 4.42. The molecule has 0 N–H and O–H groups in total. The highest BCUT2D eigenvalue weighted by molar-refractivity contribution is 5.01. The van der Waals surface area contributed by atoms with Gasteiger partial charge in [0.15, 0.2) is 0 Å². The van der Waals surface area contributed by atoms with Crippen molar-refractivity contribution in [3.05, 3.63) is 18.6 Å². The van der Waals surface area contributed by atoms with Gasteiger partial charge in [-0.2, -0.15) is 0 Å². The first kappa shape index (κ1) is 9.30. The van der Waals surface area contributed by atoms with Crippen molar-refractivity contribution in [3.8, 4) is 5.88 Å². The second kappa shape index (κ2) is 3.48. The largest absolute Gasteiger partial charge is 0.476 e. The van der Waals surface area contributed by atoms with E-state index < -0.39 is 5.92 Å². The molecule has 0 aromatic carbocycles. The molecule has 0 spiro atoms. The third kappa shape index (κ3) is 2.16. The van der Waals surface area contributed by atoms with Gasteiger partial charge in [-0.3, -0.25) is 4.98 Å². The summed E-state index contributed by atoms with van der Waals surface area (Å²) in [6, 6.07) is 0. The zero-order valence-electron chi connectivity index (χ0n) is 7.49. The molecule has 0 aliphatic heterocycles. The van der Waals surface area contributed by atoms with Crippen LogP contribution in [0.5, 0.6) is 5.88 Å². The monoisotopic (exact) mass is 200 g/mol. The Kier molecular flexibility index (Phi) is 2.31. The molecule has 14 heavy (non-hydrogen) atoms. The van der Waals surface area contributed by atoms with Crippen LogP contribution in [-0.2, 0) is 0 Å². The predicted octanol–water partition coefficient (Wildman–Crippen LogP) is 1.90. The van der Waals surface area contributed by atoms with Crippen LogP contribution in [0.2, 0.25) is 0 Å². The number of halogens is 2. The quantitative estimate of drug-likeness (QED) is 0.747. The van der Waals surface area contributed by atoms with Crippen molar-refractivity contribution in [2.45, 2.75) is 18.8 Å². The molecule has 1 aromatic rings. The molecule has 0 unspecified atom stereocenters. The SMILES string of the molecule is FC1(F)CC(COc2cnccn2)C1. The third-order valence-corrected chi connectivity index (χ3v) is 2.18. The second-order valence-electron chi connectivity index (χ2n) is 3.48. The van der Waals surface area contributed by atoms with Crippen LogP contribution in [0.3, 0.4) is 0 Å². The van der Waals surface area contributed by atoms with Gasteiger partial charge in [-0.25, -0.2) is 13.8 Å². The fourth-order valence-corrected chi connectivity index (χ4v) is 1.47. The average molecular weight is 200 g/mol. The third-order valence-electron chi connectivity index (χ3n) is 2.18. The highest BCUT2D eigenvalue weighted by Crippen LogP contribution is 2.42. The normalized spacial score (nSPS) is 20.1. The van der Waals surface area contributed by atoms with Crippen molar-refractivity contribution in [2.24, 2.45) is 5.92 Å². The lowest BCUT2D eigenvalue weighted by molar-refractivity contribution is -0.119. The van der Waals surface area contributed by atoms with E-state index in [1.165, 1.54) is 18.6 Å². The minimum atomic E-state index is -2.48. The average Bonchev–Trinajstić information content (AvgIpc) is 2.13. The predicted molar refractivity (Wildman–Crippen MR) is 45.2 cm³/mol. The summed E-state index contributed by atoms with van der Waals surface area (Å²) in [5, 5.41) is 0. The van der Waals surface area contributed by atoms with E-state index in [0.29, 0.717) is 12.5 Å². The summed E-state index contributed by atoms with van der Waals surface area (Å²) in [6.07, 6.45) is 4.35. The Morgan fingerprint density at radius 3 is 2.79 bits per heavy atom. The molecule has 5 heteroatoms. The van der Waals surface area contributed by atoms with Gasteiger partial charge >= 0.3 is 0 Å². The topological polar surface area (TPSA) is 35.0 Å². The molecule has 2 rings (SSSR count). The number of hydrogen-bond acceptors (Lipinski definition) is 3. The summed E-state index contributed by atoms with van der Waals surface area (Å²) in [6.45, 7) is 0.300. The van der Waals surface area contributed by atoms with E-state index in [9.17, 15) is 8.78 Å². The number of rotatable bonds is 3. The van der Waals surface area contributed by atoms with E-state index >= 15 is 0 Å². The highest BCUT2D eigenvalue weighted by atomic mass is 19.3. The zero-order chi connectivity index (χ0) is 10.0. The zero-order valence-corrected chi connectivity index (χ0v) is 7.49. The van der Waals surface area contributed by atoms with Gasteiger partial charge in [0.25, 0.3) is 0 Å². The van der Waals surface area contributed by atoms with E-state index in [4.69, 9.17) is 4.74 Å². The molecular formula is C9H10F2N2O. The van der Waals surface area contributed by atoms with Crippen LogP contribution >= 0.6 is 0 Å². The minimum absolute atomic E-state index is 0.0491. The van der Waals surface area contributed by atoms with Gasteiger partial charge < -0.3 is 4.74 Å². The Labute approximate surface area is 80.1 Å². The Hall–Kier alpha value is -1.26. The standard InChI is InChI=1S/C9H10F2N2O/c10-9(11)3-7(4-9)6-14-8-5-12-1-2-13-8/h1-2,5,7H,3-4,6H2. The van der Waals surface area contributed by atoms with Gasteiger partial charge in [-0.1, -0.05) is 0 Å². The van der Waals surface area contributed by atoms with Crippen LogP contribution in [0.4, 0.5) is 8.78 Å². The van der Waals surface area contributed by atoms with Crippen molar-refractivity contribution in [1.82, 2.24) is 9.97 Å². The summed E-state index contributed by atoms with van der Waals surface area (Å²) >= 11 is 0. The van der Waals surface area contributed by atoms with Crippen molar-refractivity contribution in [3.63, 3.8) is 0 Å². The Balaban J connectivity index is 1.75. The van der Waals surface area contributed by atoms with E-state index in [2.05, 4.69) is 9.97 Å². The molecular weight excluding hydrogens is 190 g/mol. The van der Waals surface area contributed by atoms with E-state index in [0.717, 1.165) is 0 Å². The van der Waals surface area contributed by atoms with Crippen LogP contribution in [0, 0.1) is 5.92 Å². The molecule has 1 saturated carbocycles. The number of aromatic nitrogens is 2. The number of alkyl halides is 2. The maximum absolute atomic E-state index is 12.4. The molecule has 1 fully saturated rings. The summed E-state index contributed by atoms with van der Waals surface area (Å²) in [7, 11) is 0. The molecule has 0 radical (unpaired) electrons. The Morgan fingerprint density at radius 2 is 2.21 bits per heavy atom. The van der Waals surface area contributed by atoms with E-state index in [-0.39, 0.29) is 18.8 Å². The van der Waals surface area contributed by atoms with Crippen LogP contribution in [-0.4, -0.2) is 22.5 Å². The van der Waals surface area contributed by atoms with Crippen molar-refractivity contribution in [2.75, 3.05) is 6.61 Å². The fraction of sp³-hybridized carbons (Fsp3) is 0.556. The molecule has 76 valence electrons. The maximum atomic E-state index is 12.4. The molecule has 1 aliphatic carbocycles. The van der Waals surface area contributed by atoms with Crippen LogP contribution < -0.4 is 4.74 Å². The van der Waals surface area contributed by atoms with E-state index in [1.807, 2.05) is 0 Å². The first-order valence-electron chi connectivity index (χ1n) is 4.42. The lowest BCUT2D eigenvalue weighted by Gasteiger charge is -2.34. The van der Waals surface area contributed by atoms with Gasteiger partial charge in [-0.15, -0.1) is 0 Å². The number of nitrogens with zero attached hydrogens (tertiary/aromatic N) is 2. The maximum Gasteiger partial charge on any atom is 0.248 e. The van der Waals surface area contributed by atoms with Crippen LogP contribution in [0.25, 0.3) is 0 Å². The van der Waals surface area contributed by atoms with Gasteiger partial charge in [0, 0.05) is 31.2 Å². The summed E-state index contributed by atoms with van der Waals surface area (Å²) in [5.41, 5.74) is 0. The molecule has 0 bridgehead atoms. The van der Waals surface area contributed by atoms with Crippen molar-refractivity contribution < 1.29 is 13.5 Å². The molecule has 0 amide bonds. The highest BCUT2D eigenvalue weighted by Gasteiger charge is 2.45. The number of ether oxygens (including phenoxy) is 1. The smallest absolute Gasteiger partial charge is 0.248 e. The lowest BCUT2D eigenvalue weighted by atomic mass is 9.82. The summed E-state index contributed by atoms with van der Waals surface area (Å²) in [5.74, 6) is -2.13. The molecule has 1 aromatic heterocycles. The van der Waals surface area contributed by atoms with Crippen LogP contribution in [0.15, 0.2) is 18.6 Å². The fourth-order valence-electron chi connectivity index (χ4n) is 1.47. The Bertz CT molecular complexity index is 297. The lowest BCUT2D eigenvalue weighted by Crippen LogP contribution is -2.38.